The normalized spacial score (nSPS) is 10.9. The highest BCUT2D eigenvalue weighted by molar-refractivity contribution is 5.99. The number of aromatic nitrogens is 1. The number of benzene rings is 1. The number of pyridine rings is 1. The summed E-state index contributed by atoms with van der Waals surface area (Å²) in [5.74, 6) is -0.383. The van der Waals surface area contributed by atoms with E-state index in [4.69, 9.17) is 0 Å². The quantitative estimate of drug-likeness (QED) is 0.822. The topological polar surface area (TPSA) is 71.1 Å². The fourth-order valence-electron chi connectivity index (χ4n) is 2.25. The number of anilines is 1. The van der Waals surface area contributed by atoms with Crippen LogP contribution in [0.3, 0.4) is 0 Å². The number of rotatable bonds is 7. The Kier molecular flexibility index (Phi) is 6.07. The Balaban J connectivity index is 1.79. The maximum atomic E-state index is 12.3. The molecule has 0 aliphatic rings. The van der Waals surface area contributed by atoms with Gasteiger partial charge in [-0.3, -0.25) is 14.6 Å². The molecule has 0 saturated heterocycles. The predicted octanol–water partition coefficient (Wildman–Crippen LogP) is 2.94. The molecule has 1 aromatic heterocycles. The van der Waals surface area contributed by atoms with E-state index in [1.54, 1.807) is 20.0 Å². The number of nitrogens with zero attached hydrogens (tertiary/aromatic N) is 1. The second-order valence-corrected chi connectivity index (χ2v) is 6.17. The van der Waals surface area contributed by atoms with Crippen molar-refractivity contribution in [2.24, 2.45) is 0 Å². The standard InChI is InChI=1S/C19H23N3O2/c1-19(2,18(24)21-16-10-4-3-5-11-16)22-17(23)13-8-12-15-9-6-7-14-20-15/h3-7,9-11,14H,8,12-13H2,1-2H3,(H,21,24)(H,22,23). The average molecular weight is 325 g/mol. The summed E-state index contributed by atoms with van der Waals surface area (Å²) in [4.78, 5) is 28.7. The summed E-state index contributed by atoms with van der Waals surface area (Å²) in [6.45, 7) is 3.39. The van der Waals surface area contributed by atoms with Gasteiger partial charge in [0.2, 0.25) is 11.8 Å². The number of aryl methyl sites for hydroxylation is 1. The molecule has 0 saturated carbocycles. The van der Waals surface area contributed by atoms with Crippen molar-refractivity contribution in [1.82, 2.24) is 10.3 Å². The van der Waals surface area contributed by atoms with E-state index in [1.807, 2.05) is 48.5 Å². The highest BCUT2D eigenvalue weighted by atomic mass is 16.2. The van der Waals surface area contributed by atoms with Gasteiger partial charge in [0.15, 0.2) is 0 Å². The van der Waals surface area contributed by atoms with Crippen molar-refractivity contribution in [2.75, 3.05) is 5.32 Å². The van der Waals surface area contributed by atoms with Gasteiger partial charge in [0.25, 0.3) is 0 Å². The molecule has 126 valence electrons. The molecule has 2 amide bonds. The van der Waals surface area contributed by atoms with E-state index < -0.39 is 5.54 Å². The van der Waals surface area contributed by atoms with Gasteiger partial charge in [-0.2, -0.15) is 0 Å². The van der Waals surface area contributed by atoms with Gasteiger partial charge in [-0.05, 0) is 51.0 Å². The summed E-state index contributed by atoms with van der Waals surface area (Å²) >= 11 is 0. The second-order valence-electron chi connectivity index (χ2n) is 6.17. The molecular formula is C19H23N3O2. The Morgan fingerprint density at radius 3 is 2.42 bits per heavy atom. The molecule has 2 rings (SSSR count). The van der Waals surface area contributed by atoms with Crippen LogP contribution >= 0.6 is 0 Å². The molecule has 0 aliphatic carbocycles. The zero-order valence-electron chi connectivity index (χ0n) is 14.1. The van der Waals surface area contributed by atoms with Gasteiger partial charge in [0.1, 0.15) is 5.54 Å². The number of hydrogen-bond acceptors (Lipinski definition) is 3. The first-order valence-corrected chi connectivity index (χ1v) is 8.05. The number of para-hydroxylation sites is 1. The molecule has 5 heteroatoms. The molecule has 0 aliphatic heterocycles. The first-order valence-electron chi connectivity index (χ1n) is 8.05. The van der Waals surface area contributed by atoms with Crippen LogP contribution in [-0.4, -0.2) is 22.3 Å². The summed E-state index contributed by atoms with van der Waals surface area (Å²) in [5.41, 5.74) is 0.698. The minimum absolute atomic E-state index is 0.140. The number of amides is 2. The van der Waals surface area contributed by atoms with Crippen LogP contribution in [0.5, 0.6) is 0 Å². The molecule has 0 radical (unpaired) electrons. The van der Waals surface area contributed by atoms with Crippen molar-refractivity contribution in [3.63, 3.8) is 0 Å². The largest absolute Gasteiger partial charge is 0.342 e. The number of carbonyl (C=O) groups excluding carboxylic acids is 2. The van der Waals surface area contributed by atoms with Crippen molar-refractivity contribution in [3.05, 3.63) is 60.4 Å². The second kappa shape index (κ2) is 8.24. The van der Waals surface area contributed by atoms with E-state index in [0.717, 1.165) is 12.1 Å². The molecule has 24 heavy (non-hydrogen) atoms. The van der Waals surface area contributed by atoms with E-state index in [1.165, 1.54) is 0 Å². The van der Waals surface area contributed by atoms with E-state index in [2.05, 4.69) is 15.6 Å². The summed E-state index contributed by atoms with van der Waals surface area (Å²) in [7, 11) is 0. The molecule has 5 nitrogen and oxygen atoms in total. The SMILES string of the molecule is CC(C)(NC(=O)CCCc1ccccn1)C(=O)Nc1ccccc1. The van der Waals surface area contributed by atoms with Crippen molar-refractivity contribution in [1.29, 1.82) is 0 Å². The van der Waals surface area contributed by atoms with Crippen molar-refractivity contribution >= 4 is 17.5 Å². The highest BCUT2D eigenvalue weighted by Gasteiger charge is 2.29. The molecule has 0 unspecified atom stereocenters. The van der Waals surface area contributed by atoms with Gasteiger partial charge >= 0.3 is 0 Å². The third kappa shape index (κ3) is 5.50. The van der Waals surface area contributed by atoms with E-state index in [0.29, 0.717) is 18.5 Å². The zero-order chi connectivity index (χ0) is 17.4. The van der Waals surface area contributed by atoms with Crippen molar-refractivity contribution in [3.8, 4) is 0 Å². The summed E-state index contributed by atoms with van der Waals surface area (Å²) < 4.78 is 0. The van der Waals surface area contributed by atoms with Crippen LogP contribution in [0.4, 0.5) is 5.69 Å². The van der Waals surface area contributed by atoms with Crippen LogP contribution in [0.1, 0.15) is 32.4 Å². The Hall–Kier alpha value is -2.69. The molecule has 2 N–H and O–H groups in total. The average Bonchev–Trinajstić information content (AvgIpc) is 2.56. The van der Waals surface area contributed by atoms with E-state index in [9.17, 15) is 9.59 Å². The maximum Gasteiger partial charge on any atom is 0.249 e. The van der Waals surface area contributed by atoms with Crippen LogP contribution in [0, 0.1) is 0 Å². The van der Waals surface area contributed by atoms with Crippen molar-refractivity contribution in [2.45, 2.75) is 38.6 Å². The smallest absolute Gasteiger partial charge is 0.249 e. The van der Waals surface area contributed by atoms with Crippen LogP contribution in [0.2, 0.25) is 0 Å². The fourth-order valence-corrected chi connectivity index (χ4v) is 2.25. The lowest BCUT2D eigenvalue weighted by molar-refractivity contribution is -0.129. The lowest BCUT2D eigenvalue weighted by Crippen LogP contribution is -2.52. The molecule has 0 spiro atoms. The minimum Gasteiger partial charge on any atom is -0.342 e. The maximum absolute atomic E-state index is 12.3. The molecule has 1 aromatic carbocycles. The summed E-state index contributed by atoms with van der Waals surface area (Å²) in [6, 6.07) is 14.9. The summed E-state index contributed by atoms with van der Waals surface area (Å²) in [5, 5.41) is 5.60. The Labute approximate surface area is 142 Å². The lowest BCUT2D eigenvalue weighted by Gasteiger charge is -2.25. The number of hydrogen-bond donors (Lipinski definition) is 2. The molecule has 2 aromatic rings. The van der Waals surface area contributed by atoms with E-state index in [-0.39, 0.29) is 11.8 Å². The summed E-state index contributed by atoms with van der Waals surface area (Å²) in [6.07, 6.45) is 3.54. The lowest BCUT2D eigenvalue weighted by atomic mass is 10.0. The van der Waals surface area contributed by atoms with Gasteiger partial charge in [-0.15, -0.1) is 0 Å². The molecule has 0 fully saturated rings. The third-order valence-electron chi connectivity index (χ3n) is 3.61. The third-order valence-corrected chi connectivity index (χ3v) is 3.61. The minimum atomic E-state index is -0.974. The molecule has 0 bridgehead atoms. The first kappa shape index (κ1) is 17.7. The van der Waals surface area contributed by atoms with Crippen LogP contribution in [0.15, 0.2) is 54.7 Å². The number of nitrogens with one attached hydrogen (secondary N) is 2. The molecule has 1 heterocycles. The van der Waals surface area contributed by atoms with Gasteiger partial charge < -0.3 is 10.6 Å². The van der Waals surface area contributed by atoms with Gasteiger partial charge in [-0.1, -0.05) is 24.3 Å². The van der Waals surface area contributed by atoms with Crippen LogP contribution in [0.25, 0.3) is 0 Å². The Morgan fingerprint density at radius 2 is 1.75 bits per heavy atom. The number of carbonyl (C=O) groups is 2. The van der Waals surface area contributed by atoms with Gasteiger partial charge in [-0.25, -0.2) is 0 Å². The van der Waals surface area contributed by atoms with Crippen molar-refractivity contribution < 1.29 is 9.59 Å². The van der Waals surface area contributed by atoms with Gasteiger partial charge in [0, 0.05) is 24.0 Å². The van der Waals surface area contributed by atoms with Crippen LogP contribution < -0.4 is 10.6 Å². The molecule has 0 atom stereocenters. The zero-order valence-corrected chi connectivity index (χ0v) is 14.1. The Bertz CT molecular complexity index is 670. The van der Waals surface area contributed by atoms with Crippen LogP contribution in [-0.2, 0) is 16.0 Å². The molecular weight excluding hydrogens is 302 g/mol. The first-order chi connectivity index (χ1) is 11.5. The monoisotopic (exact) mass is 325 g/mol. The fraction of sp³-hybridized carbons (Fsp3) is 0.316. The predicted molar refractivity (Wildman–Crippen MR) is 94.5 cm³/mol. The Morgan fingerprint density at radius 1 is 1.04 bits per heavy atom. The highest BCUT2D eigenvalue weighted by Crippen LogP contribution is 2.11. The van der Waals surface area contributed by atoms with Gasteiger partial charge in [0.05, 0.1) is 0 Å². The van der Waals surface area contributed by atoms with E-state index >= 15 is 0 Å².